The van der Waals surface area contributed by atoms with Crippen LogP contribution < -0.4 is 0 Å². The number of aryl methyl sites for hydroxylation is 1. The number of nitrogens with zero attached hydrogens (tertiary/aromatic N) is 2. The van der Waals surface area contributed by atoms with E-state index in [1.165, 1.54) is 0 Å². The topological polar surface area (TPSA) is 25.8 Å². The molecule has 0 N–H and O–H groups in total. The van der Waals surface area contributed by atoms with Crippen molar-refractivity contribution in [3.8, 4) is 11.4 Å². The Morgan fingerprint density at radius 2 is 1.76 bits per heavy atom. The van der Waals surface area contributed by atoms with Gasteiger partial charge in [-0.05, 0) is 47.2 Å². The molecule has 0 radical (unpaired) electrons. The van der Waals surface area contributed by atoms with Crippen LogP contribution >= 0.6 is 61.7 Å². The van der Waals surface area contributed by atoms with Crippen molar-refractivity contribution in [3.63, 3.8) is 0 Å². The first kappa shape index (κ1) is 13.5. The van der Waals surface area contributed by atoms with Crippen molar-refractivity contribution in [2.75, 3.05) is 0 Å². The second-order valence-electron chi connectivity index (χ2n) is 3.41. The monoisotopic (exact) mass is 442 g/mol. The summed E-state index contributed by atoms with van der Waals surface area (Å²) in [5.41, 5.74) is 2.00. The van der Waals surface area contributed by atoms with E-state index in [-0.39, 0.29) is 0 Å². The zero-order valence-corrected chi connectivity index (χ0v) is 13.9. The molecule has 2 aromatic rings. The van der Waals surface area contributed by atoms with Gasteiger partial charge in [0.1, 0.15) is 10.3 Å². The molecular formula is C11H6BrCl2IN2. The minimum Gasteiger partial charge on any atom is -0.215 e. The lowest BCUT2D eigenvalue weighted by atomic mass is 10.1. The first-order chi connectivity index (χ1) is 7.99. The predicted octanol–water partition coefficient (Wildman–Crippen LogP) is 5.13. The van der Waals surface area contributed by atoms with Gasteiger partial charge in [-0.2, -0.15) is 0 Å². The molecule has 0 aliphatic rings. The summed E-state index contributed by atoms with van der Waals surface area (Å²) in [5.74, 6) is 0.538. The van der Waals surface area contributed by atoms with Crippen LogP contribution in [-0.4, -0.2) is 9.97 Å². The minimum atomic E-state index is 0.376. The maximum absolute atomic E-state index is 5.99. The first-order valence-corrected chi connectivity index (χ1v) is 7.27. The molecule has 1 heterocycles. The predicted molar refractivity (Wildman–Crippen MR) is 82.6 cm³/mol. The molecule has 1 aromatic heterocycles. The lowest BCUT2D eigenvalue weighted by Crippen LogP contribution is -1.94. The third-order valence-corrected chi connectivity index (χ3v) is 5.28. The van der Waals surface area contributed by atoms with Crippen molar-refractivity contribution in [1.82, 2.24) is 9.97 Å². The molecule has 2 rings (SSSR count). The first-order valence-electron chi connectivity index (χ1n) is 4.64. The van der Waals surface area contributed by atoms with Crippen LogP contribution in [0.15, 0.2) is 22.7 Å². The molecule has 0 bridgehead atoms. The smallest absolute Gasteiger partial charge is 0.162 e. The summed E-state index contributed by atoms with van der Waals surface area (Å²) in [6, 6.07) is 5.86. The zero-order chi connectivity index (χ0) is 12.6. The second kappa shape index (κ2) is 5.38. The van der Waals surface area contributed by atoms with Crippen molar-refractivity contribution >= 4 is 61.7 Å². The quantitative estimate of drug-likeness (QED) is 0.451. The molecule has 17 heavy (non-hydrogen) atoms. The molecule has 0 saturated heterocycles. The lowest BCUT2D eigenvalue weighted by molar-refractivity contribution is 1.16. The fourth-order valence-electron chi connectivity index (χ4n) is 1.31. The number of rotatable bonds is 1. The van der Waals surface area contributed by atoms with Crippen molar-refractivity contribution in [1.29, 1.82) is 0 Å². The van der Waals surface area contributed by atoms with Crippen molar-refractivity contribution in [2.45, 2.75) is 6.92 Å². The van der Waals surface area contributed by atoms with E-state index in [0.29, 0.717) is 19.7 Å². The van der Waals surface area contributed by atoms with Gasteiger partial charge in [-0.25, -0.2) is 9.97 Å². The van der Waals surface area contributed by atoms with Gasteiger partial charge >= 0.3 is 0 Å². The van der Waals surface area contributed by atoms with E-state index < -0.39 is 0 Å². The lowest BCUT2D eigenvalue weighted by Gasteiger charge is -2.05. The Labute approximate surface area is 131 Å². The van der Waals surface area contributed by atoms with E-state index >= 15 is 0 Å². The molecule has 88 valence electrons. The highest BCUT2D eigenvalue weighted by molar-refractivity contribution is 14.1. The summed E-state index contributed by atoms with van der Waals surface area (Å²) in [5, 5.41) is 0.752. The van der Waals surface area contributed by atoms with Gasteiger partial charge in [0.15, 0.2) is 5.82 Å². The second-order valence-corrected chi connectivity index (χ2v) is 6.06. The third kappa shape index (κ3) is 2.92. The molecule has 0 unspecified atom stereocenters. The Bertz CT molecular complexity index is 567. The number of hydrogen-bond donors (Lipinski definition) is 0. The van der Waals surface area contributed by atoms with Gasteiger partial charge in [-0.3, -0.25) is 0 Å². The van der Waals surface area contributed by atoms with Gasteiger partial charge < -0.3 is 0 Å². The van der Waals surface area contributed by atoms with Crippen LogP contribution in [0.1, 0.15) is 5.56 Å². The highest BCUT2D eigenvalue weighted by Gasteiger charge is 2.10. The Morgan fingerprint density at radius 1 is 1.18 bits per heavy atom. The largest absolute Gasteiger partial charge is 0.215 e. The van der Waals surface area contributed by atoms with E-state index in [9.17, 15) is 0 Å². The van der Waals surface area contributed by atoms with Gasteiger partial charge in [0.2, 0.25) is 0 Å². The number of aromatic nitrogens is 2. The van der Waals surface area contributed by atoms with E-state index in [2.05, 4.69) is 25.9 Å². The molecule has 0 fully saturated rings. The minimum absolute atomic E-state index is 0.376. The molecule has 0 aliphatic heterocycles. The van der Waals surface area contributed by atoms with E-state index in [0.717, 1.165) is 15.6 Å². The molecule has 1 aromatic carbocycles. The SMILES string of the molecule is Cc1cc(-c2nc(Cl)c(I)c(Cl)n2)ccc1Br. The van der Waals surface area contributed by atoms with Crippen LogP contribution in [0.3, 0.4) is 0 Å². The van der Waals surface area contributed by atoms with Crippen LogP contribution in [-0.2, 0) is 0 Å². The maximum atomic E-state index is 5.99. The molecule has 0 saturated carbocycles. The Morgan fingerprint density at radius 3 is 2.29 bits per heavy atom. The van der Waals surface area contributed by atoms with Crippen molar-refractivity contribution in [2.24, 2.45) is 0 Å². The standard InChI is InChI=1S/C11H6BrCl2IN2/c1-5-4-6(2-3-7(5)12)11-16-9(13)8(15)10(14)17-11/h2-4H,1H3. The highest BCUT2D eigenvalue weighted by atomic mass is 127. The van der Waals surface area contributed by atoms with Crippen LogP contribution in [0.25, 0.3) is 11.4 Å². The average molecular weight is 444 g/mol. The fraction of sp³-hybridized carbons (Fsp3) is 0.0909. The van der Waals surface area contributed by atoms with Crippen LogP contribution in [0.2, 0.25) is 10.3 Å². The summed E-state index contributed by atoms with van der Waals surface area (Å²) in [6.07, 6.45) is 0. The van der Waals surface area contributed by atoms with Gasteiger partial charge in [-0.15, -0.1) is 0 Å². The summed E-state index contributed by atoms with van der Waals surface area (Å²) in [6.45, 7) is 2.00. The normalized spacial score (nSPS) is 10.6. The van der Waals surface area contributed by atoms with Crippen LogP contribution in [0.5, 0.6) is 0 Å². The van der Waals surface area contributed by atoms with E-state index in [1.54, 1.807) is 0 Å². The summed E-state index contributed by atoms with van der Waals surface area (Å²) >= 11 is 17.4. The van der Waals surface area contributed by atoms with Gasteiger partial charge in [0.05, 0.1) is 3.57 Å². The van der Waals surface area contributed by atoms with E-state index in [1.807, 2.05) is 47.7 Å². The molecular weight excluding hydrogens is 438 g/mol. The molecule has 0 spiro atoms. The molecule has 0 amide bonds. The van der Waals surface area contributed by atoms with E-state index in [4.69, 9.17) is 23.2 Å². The number of halogens is 4. The summed E-state index contributed by atoms with van der Waals surface area (Å²) in [7, 11) is 0. The highest BCUT2D eigenvalue weighted by Crippen LogP contribution is 2.28. The van der Waals surface area contributed by atoms with Gasteiger partial charge in [-0.1, -0.05) is 45.2 Å². The Balaban J connectivity index is 2.57. The molecule has 0 aliphatic carbocycles. The number of benzene rings is 1. The zero-order valence-electron chi connectivity index (χ0n) is 8.64. The van der Waals surface area contributed by atoms with Crippen molar-refractivity contribution < 1.29 is 0 Å². The van der Waals surface area contributed by atoms with Crippen LogP contribution in [0.4, 0.5) is 0 Å². The summed E-state index contributed by atoms with van der Waals surface area (Å²) < 4.78 is 1.72. The molecule has 2 nitrogen and oxygen atoms in total. The van der Waals surface area contributed by atoms with Crippen molar-refractivity contribution in [3.05, 3.63) is 42.1 Å². The van der Waals surface area contributed by atoms with Gasteiger partial charge in [0, 0.05) is 10.0 Å². The fourth-order valence-corrected chi connectivity index (χ4v) is 2.18. The molecule has 6 heteroatoms. The Hall–Kier alpha value is 0.0900. The third-order valence-electron chi connectivity index (χ3n) is 2.19. The molecule has 0 atom stereocenters. The van der Waals surface area contributed by atoms with Crippen LogP contribution in [0, 0.1) is 10.5 Å². The Kier molecular flexibility index (Phi) is 4.28. The van der Waals surface area contributed by atoms with Gasteiger partial charge in [0.25, 0.3) is 0 Å². The average Bonchev–Trinajstić information content (AvgIpc) is 2.29. The number of hydrogen-bond acceptors (Lipinski definition) is 2. The summed E-state index contributed by atoms with van der Waals surface area (Å²) in [4.78, 5) is 8.44. The maximum Gasteiger partial charge on any atom is 0.162 e.